The SMILES string of the molecule is CC1(N)CCCCC1C(=O)Nc1ccc(I)cc1.Cl. The summed E-state index contributed by atoms with van der Waals surface area (Å²) in [5.74, 6) is -0.0218. The summed E-state index contributed by atoms with van der Waals surface area (Å²) in [5, 5.41) is 2.97. The van der Waals surface area contributed by atoms with E-state index in [-0.39, 0.29) is 29.8 Å². The van der Waals surface area contributed by atoms with E-state index in [4.69, 9.17) is 5.73 Å². The van der Waals surface area contributed by atoms with Crippen LogP contribution in [0.15, 0.2) is 24.3 Å². The van der Waals surface area contributed by atoms with Crippen molar-refractivity contribution in [1.29, 1.82) is 0 Å². The number of nitrogens with two attached hydrogens (primary N) is 1. The lowest BCUT2D eigenvalue weighted by Crippen LogP contribution is -2.51. The lowest BCUT2D eigenvalue weighted by Gasteiger charge is -2.37. The molecule has 3 N–H and O–H groups in total. The van der Waals surface area contributed by atoms with Crippen LogP contribution in [0, 0.1) is 9.49 Å². The van der Waals surface area contributed by atoms with Crippen molar-refractivity contribution in [1.82, 2.24) is 0 Å². The Kier molecular flexibility index (Phi) is 6.08. The van der Waals surface area contributed by atoms with Crippen molar-refractivity contribution in [2.75, 3.05) is 5.32 Å². The minimum Gasteiger partial charge on any atom is -0.326 e. The van der Waals surface area contributed by atoms with Crippen LogP contribution in [0.1, 0.15) is 32.6 Å². The Morgan fingerprint density at radius 3 is 2.58 bits per heavy atom. The Balaban J connectivity index is 0.00000180. The zero-order valence-electron chi connectivity index (χ0n) is 11.0. The van der Waals surface area contributed by atoms with E-state index in [1.54, 1.807) is 0 Å². The van der Waals surface area contributed by atoms with Crippen LogP contribution in [-0.2, 0) is 4.79 Å². The number of nitrogens with one attached hydrogen (secondary N) is 1. The van der Waals surface area contributed by atoms with Crippen molar-refractivity contribution in [3.8, 4) is 0 Å². The van der Waals surface area contributed by atoms with E-state index in [1.807, 2.05) is 31.2 Å². The molecule has 3 nitrogen and oxygen atoms in total. The van der Waals surface area contributed by atoms with Crippen LogP contribution in [0.5, 0.6) is 0 Å². The summed E-state index contributed by atoms with van der Waals surface area (Å²) in [6.45, 7) is 1.99. The zero-order valence-corrected chi connectivity index (χ0v) is 14.0. The average molecular weight is 395 g/mol. The molecule has 2 rings (SSSR count). The predicted molar refractivity (Wildman–Crippen MR) is 89.6 cm³/mol. The van der Waals surface area contributed by atoms with Crippen LogP contribution < -0.4 is 11.1 Å². The molecule has 1 aliphatic carbocycles. The highest BCUT2D eigenvalue weighted by Crippen LogP contribution is 2.32. The summed E-state index contributed by atoms with van der Waals surface area (Å²) in [6.07, 6.45) is 4.04. The number of rotatable bonds is 2. The fraction of sp³-hybridized carbons (Fsp3) is 0.500. The van der Waals surface area contributed by atoms with Crippen LogP contribution in [-0.4, -0.2) is 11.4 Å². The molecule has 19 heavy (non-hydrogen) atoms. The van der Waals surface area contributed by atoms with Crippen molar-refractivity contribution in [3.05, 3.63) is 27.8 Å². The Labute approximate surface area is 134 Å². The van der Waals surface area contributed by atoms with E-state index in [1.165, 1.54) is 0 Å². The number of benzene rings is 1. The number of hydrogen-bond donors (Lipinski definition) is 2. The van der Waals surface area contributed by atoms with E-state index in [2.05, 4.69) is 27.9 Å². The molecule has 0 saturated heterocycles. The van der Waals surface area contributed by atoms with Gasteiger partial charge in [0.05, 0.1) is 5.92 Å². The van der Waals surface area contributed by atoms with Gasteiger partial charge in [0.2, 0.25) is 5.91 Å². The molecule has 1 aromatic rings. The molecular formula is C14H20ClIN2O. The molecule has 0 heterocycles. The molecule has 1 aromatic carbocycles. The molecular weight excluding hydrogens is 375 g/mol. The summed E-state index contributed by atoms with van der Waals surface area (Å²) in [6, 6.07) is 7.82. The summed E-state index contributed by atoms with van der Waals surface area (Å²) < 4.78 is 1.16. The maximum Gasteiger partial charge on any atom is 0.229 e. The summed E-state index contributed by atoms with van der Waals surface area (Å²) >= 11 is 2.25. The second kappa shape index (κ2) is 6.90. The standard InChI is InChI=1S/C14H19IN2O.ClH/c1-14(16)9-3-2-4-12(14)13(18)17-11-7-5-10(15)6-8-11;/h5-8,12H,2-4,9,16H2,1H3,(H,17,18);1H. The van der Waals surface area contributed by atoms with Gasteiger partial charge in [-0.05, 0) is 66.6 Å². The van der Waals surface area contributed by atoms with Crippen LogP contribution >= 0.6 is 35.0 Å². The maximum absolute atomic E-state index is 12.3. The quantitative estimate of drug-likeness (QED) is 0.754. The van der Waals surface area contributed by atoms with Crippen LogP contribution in [0.3, 0.4) is 0 Å². The molecule has 1 saturated carbocycles. The molecule has 0 spiro atoms. The van der Waals surface area contributed by atoms with Gasteiger partial charge in [0.25, 0.3) is 0 Å². The van der Waals surface area contributed by atoms with Crippen LogP contribution in [0.25, 0.3) is 0 Å². The first-order valence-electron chi connectivity index (χ1n) is 6.34. The molecule has 1 aliphatic rings. The van der Waals surface area contributed by atoms with E-state index in [0.717, 1.165) is 34.9 Å². The maximum atomic E-state index is 12.3. The van der Waals surface area contributed by atoms with Crippen LogP contribution in [0.4, 0.5) is 5.69 Å². The lowest BCUT2D eigenvalue weighted by molar-refractivity contribution is -0.122. The van der Waals surface area contributed by atoms with Crippen molar-refractivity contribution >= 4 is 46.6 Å². The van der Waals surface area contributed by atoms with E-state index in [9.17, 15) is 4.79 Å². The van der Waals surface area contributed by atoms with Gasteiger partial charge in [0, 0.05) is 14.8 Å². The van der Waals surface area contributed by atoms with Crippen molar-refractivity contribution in [2.24, 2.45) is 11.7 Å². The number of halogens is 2. The summed E-state index contributed by atoms with van der Waals surface area (Å²) in [4.78, 5) is 12.3. The largest absolute Gasteiger partial charge is 0.326 e. The lowest BCUT2D eigenvalue weighted by atomic mass is 9.74. The Morgan fingerprint density at radius 2 is 2.00 bits per heavy atom. The zero-order chi connectivity index (χ0) is 13.2. The molecule has 0 aromatic heterocycles. The van der Waals surface area contributed by atoms with Gasteiger partial charge < -0.3 is 11.1 Å². The Hall–Kier alpha value is -0.330. The highest BCUT2D eigenvalue weighted by Gasteiger charge is 2.37. The number of carbonyl (C=O) groups is 1. The first-order valence-corrected chi connectivity index (χ1v) is 7.42. The van der Waals surface area contributed by atoms with E-state index < -0.39 is 0 Å². The monoisotopic (exact) mass is 394 g/mol. The molecule has 5 heteroatoms. The second-order valence-electron chi connectivity index (χ2n) is 5.30. The minimum absolute atomic E-state index is 0. The molecule has 1 fully saturated rings. The molecule has 106 valence electrons. The first kappa shape index (κ1) is 16.7. The van der Waals surface area contributed by atoms with Gasteiger partial charge in [-0.25, -0.2) is 0 Å². The third kappa shape index (κ3) is 4.33. The van der Waals surface area contributed by atoms with Gasteiger partial charge in [-0.3, -0.25) is 4.79 Å². The molecule has 1 amide bonds. The van der Waals surface area contributed by atoms with Gasteiger partial charge in [-0.1, -0.05) is 12.8 Å². The van der Waals surface area contributed by atoms with Gasteiger partial charge in [-0.15, -0.1) is 12.4 Å². The Morgan fingerprint density at radius 1 is 1.37 bits per heavy atom. The van der Waals surface area contributed by atoms with Crippen molar-refractivity contribution < 1.29 is 4.79 Å². The van der Waals surface area contributed by atoms with Gasteiger partial charge in [0.1, 0.15) is 0 Å². The molecule has 0 radical (unpaired) electrons. The van der Waals surface area contributed by atoms with Gasteiger partial charge in [-0.2, -0.15) is 0 Å². The highest BCUT2D eigenvalue weighted by atomic mass is 127. The van der Waals surface area contributed by atoms with Crippen molar-refractivity contribution in [3.63, 3.8) is 0 Å². The fourth-order valence-electron chi connectivity index (χ4n) is 2.55. The predicted octanol–water partition coefficient (Wildman–Crippen LogP) is 3.56. The summed E-state index contributed by atoms with van der Waals surface area (Å²) in [5.41, 5.74) is 6.72. The fourth-order valence-corrected chi connectivity index (χ4v) is 2.91. The molecule has 0 bridgehead atoms. The van der Waals surface area contributed by atoms with E-state index in [0.29, 0.717) is 0 Å². The molecule has 2 unspecified atom stereocenters. The Bertz CT molecular complexity index is 434. The number of carbonyl (C=O) groups excluding carboxylic acids is 1. The molecule has 0 aliphatic heterocycles. The topological polar surface area (TPSA) is 55.1 Å². The van der Waals surface area contributed by atoms with Gasteiger partial charge >= 0.3 is 0 Å². The number of hydrogen-bond acceptors (Lipinski definition) is 2. The summed E-state index contributed by atoms with van der Waals surface area (Å²) in [7, 11) is 0. The number of anilines is 1. The number of amides is 1. The second-order valence-corrected chi connectivity index (χ2v) is 6.55. The van der Waals surface area contributed by atoms with E-state index >= 15 is 0 Å². The minimum atomic E-state index is -0.370. The third-order valence-electron chi connectivity index (χ3n) is 3.68. The third-order valence-corrected chi connectivity index (χ3v) is 4.40. The first-order chi connectivity index (χ1) is 8.49. The highest BCUT2D eigenvalue weighted by molar-refractivity contribution is 14.1. The van der Waals surface area contributed by atoms with Gasteiger partial charge in [0.15, 0.2) is 0 Å². The normalized spacial score (nSPS) is 26.4. The van der Waals surface area contributed by atoms with Crippen LogP contribution in [0.2, 0.25) is 0 Å². The molecule has 2 atom stereocenters. The average Bonchev–Trinajstić information content (AvgIpc) is 2.31. The smallest absolute Gasteiger partial charge is 0.229 e. The van der Waals surface area contributed by atoms with Crippen molar-refractivity contribution in [2.45, 2.75) is 38.1 Å².